The smallest absolute Gasteiger partial charge is 0.168 e. The molecule has 0 aromatic carbocycles. The maximum Gasteiger partial charge on any atom is 0.168 e. The van der Waals surface area contributed by atoms with Gasteiger partial charge >= 0.3 is 0 Å². The Balaban J connectivity index is 2.13. The van der Waals surface area contributed by atoms with Crippen LogP contribution in [-0.2, 0) is 4.74 Å². The minimum absolute atomic E-state index is 0.0426. The van der Waals surface area contributed by atoms with Crippen LogP contribution in [0.25, 0.3) is 0 Å². The highest BCUT2D eigenvalue weighted by molar-refractivity contribution is 5.47. The van der Waals surface area contributed by atoms with Crippen molar-refractivity contribution < 1.29 is 13.5 Å². The van der Waals surface area contributed by atoms with Crippen molar-refractivity contribution in [1.82, 2.24) is 4.98 Å². The monoisotopic (exact) mass is 243 g/mol. The molecule has 0 radical (unpaired) electrons. The molecule has 1 saturated heterocycles. The molecule has 0 saturated carbocycles. The van der Waals surface area contributed by atoms with Gasteiger partial charge in [0.1, 0.15) is 0 Å². The van der Waals surface area contributed by atoms with E-state index in [1.165, 1.54) is 0 Å². The van der Waals surface area contributed by atoms with Crippen LogP contribution in [0.4, 0.5) is 20.4 Å². The lowest BCUT2D eigenvalue weighted by Gasteiger charge is -2.24. The molecule has 2 rings (SSSR count). The van der Waals surface area contributed by atoms with Gasteiger partial charge in [0.25, 0.3) is 0 Å². The van der Waals surface area contributed by atoms with E-state index in [1.54, 1.807) is 7.05 Å². The number of nitrogens with one attached hydrogen (secondary N) is 2. The number of ether oxygens (including phenoxy) is 1. The first-order chi connectivity index (χ1) is 8.20. The molecule has 1 aromatic rings. The van der Waals surface area contributed by atoms with Crippen LogP contribution in [0.2, 0.25) is 0 Å². The van der Waals surface area contributed by atoms with E-state index < -0.39 is 11.6 Å². The Hall–Kier alpha value is -1.43. The van der Waals surface area contributed by atoms with Crippen LogP contribution in [0.15, 0.2) is 6.07 Å². The Labute approximate surface area is 98.4 Å². The molecule has 0 bridgehead atoms. The summed E-state index contributed by atoms with van der Waals surface area (Å²) in [6.07, 6.45) is 1.60. The van der Waals surface area contributed by atoms with Gasteiger partial charge in [-0.25, -0.2) is 13.8 Å². The summed E-state index contributed by atoms with van der Waals surface area (Å²) >= 11 is 0. The molecule has 0 unspecified atom stereocenters. The average molecular weight is 243 g/mol. The number of rotatable bonds is 3. The Morgan fingerprint density at radius 2 is 1.88 bits per heavy atom. The summed E-state index contributed by atoms with van der Waals surface area (Å²) in [5, 5.41) is 5.56. The molecule has 0 aliphatic carbocycles. The molecular weight excluding hydrogens is 228 g/mol. The molecule has 94 valence electrons. The number of halogens is 2. The topological polar surface area (TPSA) is 46.2 Å². The van der Waals surface area contributed by atoms with Crippen molar-refractivity contribution in [2.45, 2.75) is 18.9 Å². The first-order valence-corrected chi connectivity index (χ1v) is 5.59. The van der Waals surface area contributed by atoms with Crippen LogP contribution < -0.4 is 10.6 Å². The number of pyridine rings is 1. The highest BCUT2D eigenvalue weighted by Gasteiger charge is 2.17. The van der Waals surface area contributed by atoms with E-state index in [1.807, 2.05) is 0 Å². The molecule has 1 aliphatic rings. The largest absolute Gasteiger partial charge is 0.381 e. The number of aromatic nitrogens is 1. The van der Waals surface area contributed by atoms with Crippen molar-refractivity contribution in [3.8, 4) is 0 Å². The molecule has 17 heavy (non-hydrogen) atoms. The van der Waals surface area contributed by atoms with Gasteiger partial charge in [-0.05, 0) is 12.8 Å². The standard InChI is InChI=1S/C11H15F2N3O/c1-14-10-8(12)6-9(13)11(16-10)15-7-2-4-17-5-3-7/h6-7H,2-5H2,1H3,(H2,14,15,16). The van der Waals surface area contributed by atoms with Crippen molar-refractivity contribution >= 4 is 11.6 Å². The minimum Gasteiger partial charge on any atom is -0.381 e. The van der Waals surface area contributed by atoms with Gasteiger partial charge < -0.3 is 15.4 Å². The minimum atomic E-state index is -0.692. The third-order valence-corrected chi connectivity index (χ3v) is 2.73. The molecule has 6 heteroatoms. The molecule has 2 heterocycles. The summed E-state index contributed by atoms with van der Waals surface area (Å²) in [5.41, 5.74) is 0. The third kappa shape index (κ3) is 2.82. The van der Waals surface area contributed by atoms with Gasteiger partial charge in [0.2, 0.25) is 0 Å². The molecular formula is C11H15F2N3O. The van der Waals surface area contributed by atoms with E-state index >= 15 is 0 Å². The summed E-state index contributed by atoms with van der Waals surface area (Å²) in [6, 6.07) is 0.960. The fourth-order valence-corrected chi connectivity index (χ4v) is 1.78. The highest BCUT2D eigenvalue weighted by Crippen LogP contribution is 2.21. The van der Waals surface area contributed by atoms with Crippen LogP contribution in [0.5, 0.6) is 0 Å². The summed E-state index contributed by atoms with van der Waals surface area (Å²) in [6.45, 7) is 1.30. The van der Waals surface area contributed by atoms with E-state index in [0.717, 1.165) is 18.9 Å². The zero-order chi connectivity index (χ0) is 12.3. The van der Waals surface area contributed by atoms with Gasteiger partial charge in [-0.3, -0.25) is 0 Å². The first kappa shape index (κ1) is 12.0. The van der Waals surface area contributed by atoms with Crippen LogP contribution in [0.3, 0.4) is 0 Å². The highest BCUT2D eigenvalue weighted by atomic mass is 19.1. The normalized spacial score (nSPS) is 16.9. The van der Waals surface area contributed by atoms with Crippen LogP contribution in [0.1, 0.15) is 12.8 Å². The molecule has 1 fully saturated rings. The fourth-order valence-electron chi connectivity index (χ4n) is 1.78. The second-order valence-corrected chi connectivity index (χ2v) is 3.93. The predicted molar refractivity (Wildman–Crippen MR) is 61.2 cm³/mol. The van der Waals surface area contributed by atoms with Crippen LogP contribution in [-0.4, -0.2) is 31.3 Å². The maximum absolute atomic E-state index is 13.5. The molecule has 1 aromatic heterocycles. The van der Waals surface area contributed by atoms with E-state index in [-0.39, 0.29) is 17.7 Å². The first-order valence-electron chi connectivity index (χ1n) is 5.59. The average Bonchev–Trinajstić information content (AvgIpc) is 2.34. The Bertz CT molecular complexity index is 395. The Morgan fingerprint density at radius 3 is 2.53 bits per heavy atom. The number of hydrogen-bond acceptors (Lipinski definition) is 4. The van der Waals surface area contributed by atoms with E-state index in [2.05, 4.69) is 15.6 Å². The molecule has 4 nitrogen and oxygen atoms in total. The van der Waals surface area contributed by atoms with Crippen molar-refractivity contribution in [3.63, 3.8) is 0 Å². The molecule has 0 spiro atoms. The predicted octanol–water partition coefficient (Wildman–Crippen LogP) is 1.99. The third-order valence-electron chi connectivity index (χ3n) is 2.73. The molecule has 1 aliphatic heterocycles. The molecule has 2 N–H and O–H groups in total. The van der Waals surface area contributed by atoms with Gasteiger partial charge in [0.05, 0.1) is 0 Å². The lowest BCUT2D eigenvalue weighted by molar-refractivity contribution is 0.0903. The SMILES string of the molecule is CNc1nc(NC2CCOCC2)c(F)cc1F. The molecule has 0 atom stereocenters. The van der Waals surface area contributed by atoms with Crippen molar-refractivity contribution in [2.24, 2.45) is 0 Å². The Morgan fingerprint density at radius 1 is 1.24 bits per heavy atom. The number of anilines is 2. The fraction of sp³-hybridized carbons (Fsp3) is 0.545. The van der Waals surface area contributed by atoms with Crippen molar-refractivity contribution in [3.05, 3.63) is 17.7 Å². The summed E-state index contributed by atoms with van der Waals surface area (Å²) < 4.78 is 31.9. The van der Waals surface area contributed by atoms with E-state index in [9.17, 15) is 8.78 Å². The number of hydrogen-bond donors (Lipinski definition) is 2. The van der Waals surface area contributed by atoms with E-state index in [4.69, 9.17) is 4.74 Å². The van der Waals surface area contributed by atoms with Gasteiger partial charge in [-0.1, -0.05) is 0 Å². The zero-order valence-electron chi connectivity index (χ0n) is 9.59. The maximum atomic E-state index is 13.5. The van der Waals surface area contributed by atoms with Gasteiger partial charge in [0.15, 0.2) is 23.3 Å². The second kappa shape index (κ2) is 5.27. The van der Waals surface area contributed by atoms with Crippen LogP contribution >= 0.6 is 0 Å². The van der Waals surface area contributed by atoms with Gasteiger partial charge in [-0.15, -0.1) is 0 Å². The Kier molecular flexibility index (Phi) is 3.73. The summed E-state index contributed by atoms with van der Waals surface area (Å²) in [7, 11) is 1.54. The summed E-state index contributed by atoms with van der Waals surface area (Å²) in [4.78, 5) is 3.87. The molecule has 0 amide bonds. The van der Waals surface area contributed by atoms with Crippen molar-refractivity contribution in [2.75, 3.05) is 30.9 Å². The lowest BCUT2D eigenvalue weighted by atomic mass is 10.1. The zero-order valence-corrected chi connectivity index (χ0v) is 9.59. The second-order valence-electron chi connectivity index (χ2n) is 3.93. The quantitative estimate of drug-likeness (QED) is 0.852. The van der Waals surface area contributed by atoms with Crippen molar-refractivity contribution in [1.29, 1.82) is 0 Å². The van der Waals surface area contributed by atoms with Crippen LogP contribution in [0, 0.1) is 11.6 Å². The van der Waals surface area contributed by atoms with Gasteiger partial charge in [-0.2, -0.15) is 0 Å². The van der Waals surface area contributed by atoms with Gasteiger partial charge in [0, 0.05) is 32.4 Å². The summed E-state index contributed by atoms with van der Waals surface area (Å²) in [5.74, 6) is -1.24. The lowest BCUT2D eigenvalue weighted by Crippen LogP contribution is -2.28. The van der Waals surface area contributed by atoms with E-state index in [0.29, 0.717) is 13.2 Å². The number of nitrogens with zero attached hydrogens (tertiary/aromatic N) is 1.